The van der Waals surface area contributed by atoms with Gasteiger partial charge in [-0.05, 0) is 35.9 Å². The number of urea groups is 1. The van der Waals surface area contributed by atoms with Gasteiger partial charge in [-0.15, -0.1) is 0 Å². The maximum Gasteiger partial charge on any atom is 0.338 e. The fourth-order valence-corrected chi connectivity index (χ4v) is 2.39. The molecule has 28 heavy (non-hydrogen) atoms. The monoisotopic (exact) mass is 378 g/mol. The number of hydrogen-bond donors (Lipinski definition) is 2. The highest BCUT2D eigenvalue weighted by Gasteiger charge is 2.12. The van der Waals surface area contributed by atoms with Crippen molar-refractivity contribution in [1.29, 1.82) is 0 Å². The van der Waals surface area contributed by atoms with Crippen LogP contribution in [0.2, 0.25) is 0 Å². The first-order valence-corrected chi connectivity index (χ1v) is 8.49. The highest BCUT2D eigenvalue weighted by molar-refractivity contribution is 6.02. The molecule has 142 valence electrons. The zero-order valence-electron chi connectivity index (χ0n) is 14.9. The van der Waals surface area contributed by atoms with E-state index in [9.17, 15) is 14.4 Å². The van der Waals surface area contributed by atoms with Gasteiger partial charge in [0.05, 0.1) is 12.1 Å². The van der Waals surface area contributed by atoms with Crippen LogP contribution in [-0.2, 0) is 16.1 Å². The topological polar surface area (TPSA) is 102 Å². The number of esters is 1. The molecule has 8 nitrogen and oxygen atoms in total. The smallest absolute Gasteiger partial charge is 0.338 e. The van der Waals surface area contributed by atoms with Gasteiger partial charge in [0, 0.05) is 18.1 Å². The number of carbonyl (C=O) groups is 3. The van der Waals surface area contributed by atoms with E-state index in [-0.39, 0.29) is 0 Å². The molecule has 0 fully saturated rings. The van der Waals surface area contributed by atoms with Crippen molar-refractivity contribution < 1.29 is 19.1 Å². The second-order valence-corrected chi connectivity index (χ2v) is 5.85. The maximum atomic E-state index is 12.0. The molecule has 0 unspecified atom stereocenters. The van der Waals surface area contributed by atoms with Gasteiger partial charge in [-0.25, -0.2) is 9.59 Å². The van der Waals surface area contributed by atoms with Crippen molar-refractivity contribution >= 4 is 23.6 Å². The van der Waals surface area contributed by atoms with Crippen molar-refractivity contribution in [3.8, 4) is 0 Å². The van der Waals surface area contributed by atoms with Gasteiger partial charge in [-0.2, -0.15) is 5.10 Å². The molecule has 0 saturated heterocycles. The van der Waals surface area contributed by atoms with Crippen LogP contribution in [0.5, 0.6) is 0 Å². The fraction of sp³-hybridized carbons (Fsp3) is 0.100. The summed E-state index contributed by atoms with van der Waals surface area (Å²) < 4.78 is 6.70. The second kappa shape index (κ2) is 9.13. The number of rotatable bonds is 6. The molecular weight excluding hydrogens is 360 g/mol. The van der Waals surface area contributed by atoms with Gasteiger partial charge < -0.3 is 10.1 Å². The van der Waals surface area contributed by atoms with E-state index in [1.165, 1.54) is 0 Å². The number of amides is 3. The third-order valence-electron chi connectivity index (χ3n) is 3.71. The number of nitrogens with zero attached hydrogens (tertiary/aromatic N) is 2. The van der Waals surface area contributed by atoms with Crippen molar-refractivity contribution in [1.82, 2.24) is 15.1 Å². The first-order valence-electron chi connectivity index (χ1n) is 8.49. The SMILES string of the molecule is O=C(COC(=O)c1ccc(Cn2cccn2)cc1)NC(=O)Nc1ccccc1. The van der Waals surface area contributed by atoms with Crippen molar-refractivity contribution in [2.75, 3.05) is 11.9 Å². The molecule has 0 saturated carbocycles. The van der Waals surface area contributed by atoms with Gasteiger partial charge in [-0.3, -0.25) is 14.8 Å². The Kier molecular flexibility index (Phi) is 6.14. The highest BCUT2D eigenvalue weighted by atomic mass is 16.5. The minimum atomic E-state index is -0.725. The predicted octanol–water partition coefficient (Wildman–Crippen LogP) is 2.44. The van der Waals surface area contributed by atoms with Crippen molar-refractivity contribution in [3.05, 3.63) is 84.2 Å². The summed E-state index contributed by atoms with van der Waals surface area (Å²) in [6, 6.07) is 16.6. The lowest BCUT2D eigenvalue weighted by atomic mass is 10.1. The summed E-state index contributed by atoms with van der Waals surface area (Å²) in [6.45, 7) is 0.0251. The molecule has 0 radical (unpaired) electrons. The van der Waals surface area contributed by atoms with Crippen molar-refractivity contribution in [3.63, 3.8) is 0 Å². The average molecular weight is 378 g/mol. The zero-order chi connectivity index (χ0) is 19.8. The standard InChI is InChI=1S/C20H18N4O4/c25-18(23-20(27)22-17-5-2-1-3-6-17)14-28-19(26)16-9-7-15(8-10-16)13-24-12-4-11-21-24/h1-12H,13-14H2,(H2,22,23,25,27). The number of benzene rings is 2. The molecule has 3 rings (SSSR count). The summed E-state index contributed by atoms with van der Waals surface area (Å²) in [5.41, 5.74) is 1.82. The first-order chi connectivity index (χ1) is 13.6. The summed E-state index contributed by atoms with van der Waals surface area (Å²) in [6.07, 6.45) is 3.53. The highest BCUT2D eigenvalue weighted by Crippen LogP contribution is 2.08. The maximum absolute atomic E-state index is 12.0. The molecule has 0 aliphatic carbocycles. The molecule has 0 aliphatic rings. The Labute approximate surface area is 161 Å². The summed E-state index contributed by atoms with van der Waals surface area (Å²) in [5, 5.41) is 8.71. The normalized spacial score (nSPS) is 10.1. The molecular formula is C20H18N4O4. The quantitative estimate of drug-likeness (QED) is 0.642. The van der Waals surface area contributed by atoms with Gasteiger partial charge in [0.15, 0.2) is 6.61 Å². The third kappa shape index (κ3) is 5.53. The average Bonchev–Trinajstić information content (AvgIpc) is 3.20. The molecule has 0 bridgehead atoms. The first kappa shape index (κ1) is 18.8. The molecule has 3 aromatic rings. The molecule has 8 heteroatoms. The number of nitrogens with one attached hydrogen (secondary N) is 2. The summed E-state index contributed by atoms with van der Waals surface area (Å²) in [7, 11) is 0. The van der Waals surface area contributed by atoms with Gasteiger partial charge in [0.2, 0.25) is 0 Å². The lowest BCUT2D eigenvalue weighted by molar-refractivity contribution is -0.123. The fourth-order valence-electron chi connectivity index (χ4n) is 2.39. The Balaban J connectivity index is 1.44. The number of carbonyl (C=O) groups excluding carboxylic acids is 3. The van der Waals surface area contributed by atoms with Crippen LogP contribution in [0.3, 0.4) is 0 Å². The van der Waals surface area contributed by atoms with E-state index in [4.69, 9.17) is 4.74 Å². The van der Waals surface area contributed by atoms with Crippen LogP contribution in [0.15, 0.2) is 73.1 Å². The minimum Gasteiger partial charge on any atom is -0.452 e. The molecule has 2 N–H and O–H groups in total. The van der Waals surface area contributed by atoms with E-state index < -0.39 is 24.5 Å². The van der Waals surface area contributed by atoms with Crippen LogP contribution < -0.4 is 10.6 Å². The molecule has 0 spiro atoms. The van der Waals surface area contributed by atoms with Crippen LogP contribution in [0.25, 0.3) is 0 Å². The Morgan fingerprint density at radius 3 is 2.39 bits per heavy atom. The number of aromatic nitrogens is 2. The Bertz CT molecular complexity index is 938. The molecule has 0 atom stereocenters. The number of ether oxygens (including phenoxy) is 1. The summed E-state index contributed by atoms with van der Waals surface area (Å²) in [4.78, 5) is 35.5. The van der Waals surface area contributed by atoms with Crippen LogP contribution in [0, 0.1) is 0 Å². The van der Waals surface area contributed by atoms with E-state index in [0.717, 1.165) is 5.56 Å². The van der Waals surface area contributed by atoms with E-state index in [1.807, 2.05) is 12.3 Å². The summed E-state index contributed by atoms with van der Waals surface area (Å²) in [5.74, 6) is -1.37. The number of hydrogen-bond acceptors (Lipinski definition) is 5. The minimum absolute atomic E-state index is 0.311. The van der Waals surface area contributed by atoms with Gasteiger partial charge >= 0.3 is 12.0 Å². The van der Waals surface area contributed by atoms with Gasteiger partial charge in [0.25, 0.3) is 5.91 Å². The van der Waals surface area contributed by atoms with Crippen molar-refractivity contribution in [2.24, 2.45) is 0 Å². The number of anilines is 1. The molecule has 1 heterocycles. The lowest BCUT2D eigenvalue weighted by Crippen LogP contribution is -2.37. The van der Waals surface area contributed by atoms with Crippen LogP contribution in [-0.4, -0.2) is 34.3 Å². The van der Waals surface area contributed by atoms with Crippen LogP contribution in [0.4, 0.5) is 10.5 Å². The summed E-state index contributed by atoms with van der Waals surface area (Å²) >= 11 is 0. The largest absolute Gasteiger partial charge is 0.452 e. The van der Waals surface area contributed by atoms with E-state index >= 15 is 0 Å². The van der Waals surface area contributed by atoms with Gasteiger partial charge in [0.1, 0.15) is 0 Å². The molecule has 1 aromatic heterocycles. The number of imide groups is 1. The second-order valence-electron chi connectivity index (χ2n) is 5.85. The van der Waals surface area contributed by atoms with E-state index in [0.29, 0.717) is 17.8 Å². The van der Waals surface area contributed by atoms with E-state index in [1.54, 1.807) is 65.5 Å². The lowest BCUT2D eigenvalue weighted by Gasteiger charge is -2.08. The van der Waals surface area contributed by atoms with Gasteiger partial charge in [-0.1, -0.05) is 30.3 Å². The van der Waals surface area contributed by atoms with Crippen LogP contribution >= 0.6 is 0 Å². The Morgan fingerprint density at radius 2 is 1.71 bits per heavy atom. The molecule has 2 aromatic carbocycles. The van der Waals surface area contributed by atoms with E-state index in [2.05, 4.69) is 15.7 Å². The Morgan fingerprint density at radius 1 is 0.964 bits per heavy atom. The predicted molar refractivity (Wildman–Crippen MR) is 102 cm³/mol. The third-order valence-corrected chi connectivity index (χ3v) is 3.71. The molecule has 0 aliphatic heterocycles. The Hall–Kier alpha value is -3.94. The zero-order valence-corrected chi connectivity index (χ0v) is 14.9. The van der Waals surface area contributed by atoms with Crippen LogP contribution in [0.1, 0.15) is 15.9 Å². The number of para-hydroxylation sites is 1. The molecule has 3 amide bonds. The van der Waals surface area contributed by atoms with Crippen molar-refractivity contribution in [2.45, 2.75) is 6.54 Å².